The largest absolute Gasteiger partial charge is 0.405 e. The van der Waals surface area contributed by atoms with Gasteiger partial charge < -0.3 is 15.1 Å². The van der Waals surface area contributed by atoms with Gasteiger partial charge >= 0.3 is 6.18 Å². The fraction of sp³-hybridized carbons (Fsp3) is 0.350. The Kier molecular flexibility index (Phi) is 9.20. The summed E-state index contributed by atoms with van der Waals surface area (Å²) in [6.45, 7) is 4.36. The third-order valence-electron chi connectivity index (χ3n) is 10.4. The minimum atomic E-state index is -4.49. The SMILES string of the molecule is O=C1c2ccc(N3CCN(CCCCC4(C(=O)NCC(F)(F)F)c5ccccc5-c5ccccc54)CC3)cc2CCN1Cc1ccccc1. The van der Waals surface area contributed by atoms with E-state index in [0.29, 0.717) is 25.9 Å². The van der Waals surface area contributed by atoms with Gasteiger partial charge in [-0.15, -0.1) is 0 Å². The van der Waals surface area contributed by atoms with E-state index in [2.05, 4.69) is 39.4 Å². The maximum atomic E-state index is 13.8. The number of fused-ring (bicyclic) bond motifs is 4. The molecule has 6 nitrogen and oxygen atoms in total. The summed E-state index contributed by atoms with van der Waals surface area (Å²) in [5.74, 6) is -0.503. The molecule has 0 atom stereocenters. The Morgan fingerprint density at radius 3 is 2.08 bits per heavy atom. The molecule has 1 saturated heterocycles. The second-order valence-electron chi connectivity index (χ2n) is 13.4. The standard InChI is InChI=1S/C40H41F3N4O2/c41-40(42,43)28-44-38(49)39(35-14-6-4-12-33(35)34-13-5-7-15-36(34)39)19-8-9-20-45-22-24-46(25-23-45)31-16-17-32-30(26-31)18-21-47(37(32)48)27-29-10-2-1-3-11-29/h1-7,10-17,26H,8-9,18-25,27-28H2,(H,44,49). The summed E-state index contributed by atoms with van der Waals surface area (Å²) >= 11 is 0. The first kappa shape index (κ1) is 32.9. The van der Waals surface area contributed by atoms with E-state index in [-0.39, 0.29) is 5.91 Å². The summed E-state index contributed by atoms with van der Waals surface area (Å²) < 4.78 is 39.6. The van der Waals surface area contributed by atoms with E-state index in [1.165, 1.54) is 0 Å². The molecule has 0 aromatic heterocycles. The normalized spacial score (nSPS) is 17.0. The topological polar surface area (TPSA) is 55.9 Å². The molecule has 4 aromatic carbocycles. The molecule has 2 aliphatic heterocycles. The van der Waals surface area contributed by atoms with Crippen molar-refractivity contribution in [3.63, 3.8) is 0 Å². The van der Waals surface area contributed by atoms with Gasteiger partial charge in [0.15, 0.2) is 0 Å². The number of piperazine rings is 1. The Morgan fingerprint density at radius 2 is 1.41 bits per heavy atom. The number of hydrogen-bond acceptors (Lipinski definition) is 4. The van der Waals surface area contributed by atoms with Gasteiger partial charge in [-0.05, 0) is 77.4 Å². The number of nitrogens with zero attached hydrogens (tertiary/aromatic N) is 3. The average molecular weight is 667 g/mol. The van der Waals surface area contributed by atoms with Gasteiger partial charge in [-0.1, -0.05) is 85.3 Å². The molecule has 7 rings (SSSR count). The summed E-state index contributed by atoms with van der Waals surface area (Å²) in [6, 6.07) is 31.5. The number of anilines is 1. The van der Waals surface area contributed by atoms with Gasteiger partial charge in [0, 0.05) is 50.5 Å². The third-order valence-corrected chi connectivity index (χ3v) is 10.4. The van der Waals surface area contributed by atoms with E-state index in [4.69, 9.17) is 0 Å². The van der Waals surface area contributed by atoms with Crippen molar-refractivity contribution in [2.75, 3.05) is 50.7 Å². The zero-order valence-corrected chi connectivity index (χ0v) is 27.5. The fourth-order valence-electron chi connectivity index (χ4n) is 7.91. The van der Waals surface area contributed by atoms with Gasteiger partial charge in [-0.2, -0.15) is 13.2 Å². The summed E-state index contributed by atoms with van der Waals surface area (Å²) in [4.78, 5) is 33.7. The van der Waals surface area contributed by atoms with E-state index in [1.54, 1.807) is 0 Å². The monoisotopic (exact) mass is 666 g/mol. The predicted octanol–water partition coefficient (Wildman–Crippen LogP) is 6.82. The summed E-state index contributed by atoms with van der Waals surface area (Å²) in [6.07, 6.45) is -1.69. The highest BCUT2D eigenvalue weighted by Crippen LogP contribution is 2.51. The molecule has 4 aromatic rings. The first-order valence-electron chi connectivity index (χ1n) is 17.2. The maximum Gasteiger partial charge on any atom is 0.405 e. The number of amides is 2. The van der Waals surface area contributed by atoms with Crippen molar-refractivity contribution in [2.45, 2.75) is 43.8 Å². The first-order valence-corrected chi connectivity index (χ1v) is 17.2. The zero-order valence-electron chi connectivity index (χ0n) is 27.5. The quantitative estimate of drug-likeness (QED) is 0.189. The van der Waals surface area contributed by atoms with E-state index in [1.807, 2.05) is 77.7 Å². The smallest absolute Gasteiger partial charge is 0.369 e. The van der Waals surface area contributed by atoms with Crippen LogP contribution in [-0.4, -0.2) is 73.6 Å². The summed E-state index contributed by atoms with van der Waals surface area (Å²) in [7, 11) is 0. The molecule has 0 radical (unpaired) electrons. The highest BCUT2D eigenvalue weighted by Gasteiger charge is 2.49. The Hall–Kier alpha value is -4.63. The molecule has 49 heavy (non-hydrogen) atoms. The van der Waals surface area contributed by atoms with Crippen molar-refractivity contribution in [1.82, 2.24) is 15.1 Å². The molecule has 2 amide bonds. The van der Waals surface area contributed by atoms with Crippen LogP contribution in [0.25, 0.3) is 11.1 Å². The van der Waals surface area contributed by atoms with Crippen molar-refractivity contribution in [2.24, 2.45) is 0 Å². The zero-order chi connectivity index (χ0) is 34.0. The lowest BCUT2D eigenvalue weighted by Crippen LogP contribution is -2.47. The number of halogens is 3. The Bertz CT molecular complexity index is 1770. The lowest BCUT2D eigenvalue weighted by Gasteiger charge is -2.37. The summed E-state index contributed by atoms with van der Waals surface area (Å²) in [5, 5.41) is 2.23. The average Bonchev–Trinajstić information content (AvgIpc) is 3.41. The van der Waals surface area contributed by atoms with E-state index < -0.39 is 24.0 Å². The van der Waals surface area contributed by atoms with Crippen molar-refractivity contribution < 1.29 is 22.8 Å². The van der Waals surface area contributed by atoms with Crippen LogP contribution in [0.5, 0.6) is 0 Å². The van der Waals surface area contributed by atoms with Crippen LogP contribution in [0, 0.1) is 0 Å². The fourth-order valence-corrected chi connectivity index (χ4v) is 7.91. The van der Waals surface area contributed by atoms with Crippen LogP contribution in [0.15, 0.2) is 97.1 Å². The molecule has 1 aliphatic carbocycles. The van der Waals surface area contributed by atoms with E-state index in [0.717, 1.165) is 90.2 Å². The van der Waals surface area contributed by atoms with Gasteiger partial charge in [-0.3, -0.25) is 14.5 Å². The first-order chi connectivity index (χ1) is 23.7. The number of nitrogens with one attached hydrogen (secondary N) is 1. The van der Waals surface area contributed by atoms with Gasteiger partial charge in [0.1, 0.15) is 12.0 Å². The molecule has 0 saturated carbocycles. The third kappa shape index (κ3) is 6.69. The molecular formula is C40H41F3N4O2. The van der Waals surface area contributed by atoms with Crippen LogP contribution in [-0.2, 0) is 23.2 Å². The number of unbranched alkanes of at least 4 members (excludes halogenated alkanes) is 1. The summed E-state index contributed by atoms with van der Waals surface area (Å²) in [5.41, 5.74) is 6.39. The van der Waals surface area contributed by atoms with Crippen molar-refractivity contribution in [3.8, 4) is 11.1 Å². The minimum absolute atomic E-state index is 0.0886. The van der Waals surface area contributed by atoms with Gasteiger partial charge in [0.2, 0.25) is 5.91 Å². The van der Waals surface area contributed by atoms with Crippen LogP contribution in [0.3, 0.4) is 0 Å². The molecule has 9 heteroatoms. The number of carbonyl (C=O) groups is 2. The van der Waals surface area contributed by atoms with E-state index >= 15 is 0 Å². The van der Waals surface area contributed by atoms with E-state index in [9.17, 15) is 22.8 Å². The highest BCUT2D eigenvalue weighted by atomic mass is 19.4. The molecule has 1 fully saturated rings. The highest BCUT2D eigenvalue weighted by molar-refractivity contribution is 6.00. The van der Waals surface area contributed by atoms with Gasteiger partial charge in [0.05, 0.1) is 0 Å². The molecule has 0 spiro atoms. The van der Waals surface area contributed by atoms with Crippen LogP contribution in [0.2, 0.25) is 0 Å². The maximum absolute atomic E-state index is 13.8. The van der Waals surface area contributed by atoms with Gasteiger partial charge in [0.25, 0.3) is 5.91 Å². The number of alkyl halides is 3. The molecule has 0 unspecified atom stereocenters. The lowest BCUT2D eigenvalue weighted by molar-refractivity contribution is -0.141. The van der Waals surface area contributed by atoms with Crippen LogP contribution in [0.4, 0.5) is 18.9 Å². The Morgan fingerprint density at radius 1 is 0.755 bits per heavy atom. The van der Waals surface area contributed by atoms with Crippen molar-refractivity contribution in [1.29, 1.82) is 0 Å². The number of hydrogen-bond donors (Lipinski definition) is 1. The molecule has 254 valence electrons. The van der Waals surface area contributed by atoms with Crippen LogP contribution < -0.4 is 10.2 Å². The molecule has 2 heterocycles. The molecule has 3 aliphatic rings. The second kappa shape index (κ2) is 13.7. The predicted molar refractivity (Wildman–Crippen MR) is 186 cm³/mol. The van der Waals surface area contributed by atoms with Crippen molar-refractivity contribution in [3.05, 3.63) is 125 Å². The Labute approximate surface area is 285 Å². The molecule has 0 bridgehead atoms. The second-order valence-corrected chi connectivity index (χ2v) is 13.4. The minimum Gasteiger partial charge on any atom is -0.369 e. The number of benzene rings is 4. The lowest BCUT2D eigenvalue weighted by atomic mass is 9.73. The number of rotatable bonds is 10. The molecular weight excluding hydrogens is 625 g/mol. The molecule has 1 N–H and O–H groups in total. The van der Waals surface area contributed by atoms with Gasteiger partial charge in [-0.25, -0.2) is 0 Å². The van der Waals surface area contributed by atoms with Crippen LogP contribution in [0.1, 0.15) is 51.9 Å². The number of carbonyl (C=O) groups excluding carboxylic acids is 2. The Balaban J connectivity index is 0.957. The van der Waals surface area contributed by atoms with Crippen LogP contribution >= 0.6 is 0 Å². The van der Waals surface area contributed by atoms with Crippen molar-refractivity contribution >= 4 is 17.5 Å².